The number of rotatable bonds is 3. The molecule has 0 aromatic carbocycles. The molecule has 2 heteroatoms. The molecule has 0 saturated carbocycles. The molecule has 0 aromatic rings. The monoisotopic (exact) mass is 148 g/mol. The Bertz CT molecular complexity index is 241. The maximum Gasteiger partial charge on any atom is 0.0986 e. The van der Waals surface area contributed by atoms with Gasteiger partial charge in [-0.2, -0.15) is 5.26 Å². The Labute approximate surface area is 67.3 Å². The second-order valence-corrected chi connectivity index (χ2v) is 2.19. The summed E-state index contributed by atoms with van der Waals surface area (Å²) in [6.45, 7) is 9.14. The van der Waals surface area contributed by atoms with Crippen molar-refractivity contribution in [3.05, 3.63) is 36.1 Å². The van der Waals surface area contributed by atoms with E-state index < -0.39 is 0 Å². The highest BCUT2D eigenvalue weighted by atomic mass is 14.6. The largest absolute Gasteiger partial charge is 0.398 e. The van der Waals surface area contributed by atoms with Gasteiger partial charge in [0.05, 0.1) is 6.07 Å². The molecule has 0 radical (unpaired) electrons. The topological polar surface area (TPSA) is 49.8 Å². The highest BCUT2D eigenvalue weighted by molar-refractivity contribution is 5.38. The van der Waals surface area contributed by atoms with Crippen molar-refractivity contribution >= 4 is 0 Å². The Morgan fingerprint density at radius 1 is 1.64 bits per heavy atom. The molecular formula is C9H12N2. The molecule has 0 heterocycles. The van der Waals surface area contributed by atoms with Crippen molar-refractivity contribution in [2.75, 3.05) is 0 Å². The Balaban J connectivity index is 4.37. The second kappa shape index (κ2) is 4.35. The summed E-state index contributed by atoms with van der Waals surface area (Å²) in [6.07, 6.45) is 2.33. The van der Waals surface area contributed by atoms with E-state index in [-0.39, 0.29) is 0 Å². The third-order valence-corrected chi connectivity index (χ3v) is 1.31. The predicted octanol–water partition coefficient (Wildman–Crippen LogP) is 1.87. The first kappa shape index (κ1) is 9.51. The van der Waals surface area contributed by atoms with Gasteiger partial charge in [-0.3, -0.25) is 0 Å². The van der Waals surface area contributed by atoms with Crippen molar-refractivity contribution < 1.29 is 0 Å². The zero-order valence-electron chi connectivity index (χ0n) is 6.72. The van der Waals surface area contributed by atoms with Crippen LogP contribution in [0.1, 0.15) is 13.3 Å². The average molecular weight is 148 g/mol. The quantitative estimate of drug-likeness (QED) is 0.490. The first-order chi connectivity index (χ1) is 5.11. The maximum atomic E-state index is 8.36. The summed E-state index contributed by atoms with van der Waals surface area (Å²) in [5.74, 6) is 0. The third kappa shape index (κ3) is 3.27. The van der Waals surface area contributed by atoms with Crippen molar-refractivity contribution in [2.24, 2.45) is 5.73 Å². The van der Waals surface area contributed by atoms with Crippen LogP contribution in [0, 0.1) is 11.3 Å². The van der Waals surface area contributed by atoms with Crippen LogP contribution in [0.15, 0.2) is 36.1 Å². The zero-order valence-corrected chi connectivity index (χ0v) is 6.72. The lowest BCUT2D eigenvalue weighted by atomic mass is 10.1. The predicted molar refractivity (Wildman–Crippen MR) is 46.5 cm³/mol. The van der Waals surface area contributed by atoms with E-state index in [1.807, 2.05) is 13.0 Å². The fourth-order valence-electron chi connectivity index (χ4n) is 0.526. The molecule has 0 bridgehead atoms. The second-order valence-electron chi connectivity index (χ2n) is 2.19. The van der Waals surface area contributed by atoms with Gasteiger partial charge >= 0.3 is 0 Å². The van der Waals surface area contributed by atoms with Gasteiger partial charge in [0.15, 0.2) is 0 Å². The lowest BCUT2D eigenvalue weighted by Crippen LogP contribution is -1.99. The summed E-state index contributed by atoms with van der Waals surface area (Å²) in [4.78, 5) is 0. The standard InChI is InChI=1S/C9H12N2/c1-4-8(3)9(11)5-7(2)6-10/h5H,2-4,11H2,1H3/b9-5+. The van der Waals surface area contributed by atoms with E-state index in [9.17, 15) is 0 Å². The van der Waals surface area contributed by atoms with E-state index in [0.29, 0.717) is 11.3 Å². The number of allylic oxidation sites excluding steroid dienone is 3. The molecule has 58 valence electrons. The molecule has 0 aliphatic carbocycles. The molecule has 0 unspecified atom stereocenters. The van der Waals surface area contributed by atoms with Crippen molar-refractivity contribution in [1.82, 2.24) is 0 Å². The van der Waals surface area contributed by atoms with E-state index >= 15 is 0 Å². The Morgan fingerprint density at radius 3 is 2.55 bits per heavy atom. The molecule has 0 aliphatic heterocycles. The van der Waals surface area contributed by atoms with Gasteiger partial charge in [-0.25, -0.2) is 0 Å². The molecule has 0 aliphatic rings. The highest BCUT2D eigenvalue weighted by Gasteiger charge is 1.94. The normalized spacial score (nSPS) is 10.4. The minimum Gasteiger partial charge on any atom is -0.398 e. The lowest BCUT2D eigenvalue weighted by Gasteiger charge is -2.00. The summed E-state index contributed by atoms with van der Waals surface area (Å²) in [6, 6.07) is 1.88. The van der Waals surface area contributed by atoms with E-state index in [4.69, 9.17) is 11.0 Å². The molecule has 0 saturated heterocycles. The van der Waals surface area contributed by atoms with Gasteiger partial charge in [0.2, 0.25) is 0 Å². The number of hydrogen-bond acceptors (Lipinski definition) is 2. The number of nitrogens with zero attached hydrogens (tertiary/aromatic N) is 1. The SMILES string of the molecule is C=C(C#N)/C=C(/N)C(=C)CC. The first-order valence-electron chi connectivity index (χ1n) is 3.36. The summed E-state index contributed by atoms with van der Waals surface area (Å²) in [5.41, 5.74) is 7.29. The van der Waals surface area contributed by atoms with E-state index in [1.165, 1.54) is 6.08 Å². The Morgan fingerprint density at radius 2 is 2.18 bits per heavy atom. The minimum absolute atomic E-state index is 0.358. The molecule has 0 spiro atoms. The number of hydrogen-bond donors (Lipinski definition) is 1. The lowest BCUT2D eigenvalue weighted by molar-refractivity contribution is 1.10. The van der Waals surface area contributed by atoms with Crippen LogP contribution in [0.25, 0.3) is 0 Å². The minimum atomic E-state index is 0.358. The van der Waals surface area contributed by atoms with E-state index in [0.717, 1.165) is 12.0 Å². The summed E-state index contributed by atoms with van der Waals surface area (Å²) in [5, 5.41) is 8.36. The molecule has 0 rings (SSSR count). The highest BCUT2D eigenvalue weighted by Crippen LogP contribution is 2.06. The van der Waals surface area contributed by atoms with Crippen LogP contribution in [0.2, 0.25) is 0 Å². The molecule has 11 heavy (non-hydrogen) atoms. The summed E-state index contributed by atoms with van der Waals surface area (Å²) in [7, 11) is 0. The summed E-state index contributed by atoms with van der Waals surface area (Å²) < 4.78 is 0. The van der Waals surface area contributed by atoms with Crippen LogP contribution >= 0.6 is 0 Å². The molecule has 2 N–H and O–H groups in total. The summed E-state index contributed by atoms with van der Waals surface area (Å²) >= 11 is 0. The molecule has 2 nitrogen and oxygen atoms in total. The molecular weight excluding hydrogens is 136 g/mol. The number of nitrogens with two attached hydrogens (primary N) is 1. The maximum absolute atomic E-state index is 8.36. The van der Waals surface area contributed by atoms with Gasteiger partial charge in [0.1, 0.15) is 0 Å². The van der Waals surface area contributed by atoms with Crippen LogP contribution in [0.3, 0.4) is 0 Å². The smallest absolute Gasteiger partial charge is 0.0986 e. The fourth-order valence-corrected chi connectivity index (χ4v) is 0.526. The number of nitriles is 1. The molecule has 0 atom stereocenters. The van der Waals surface area contributed by atoms with Crippen LogP contribution in [-0.2, 0) is 0 Å². The van der Waals surface area contributed by atoms with Gasteiger partial charge in [-0.15, -0.1) is 0 Å². The van der Waals surface area contributed by atoms with Crippen molar-refractivity contribution in [3.63, 3.8) is 0 Å². The van der Waals surface area contributed by atoms with Gasteiger partial charge in [-0.05, 0) is 18.1 Å². The van der Waals surface area contributed by atoms with Crippen molar-refractivity contribution in [3.8, 4) is 6.07 Å². The van der Waals surface area contributed by atoms with Crippen molar-refractivity contribution in [1.29, 1.82) is 5.26 Å². The van der Waals surface area contributed by atoms with E-state index in [1.54, 1.807) is 0 Å². The fraction of sp³-hybridized carbons (Fsp3) is 0.222. The Hall–Kier alpha value is -1.49. The molecule has 0 fully saturated rings. The first-order valence-corrected chi connectivity index (χ1v) is 3.36. The average Bonchev–Trinajstić information content (AvgIpc) is 2.02. The van der Waals surface area contributed by atoms with Gasteiger partial charge in [0.25, 0.3) is 0 Å². The molecule has 0 aromatic heterocycles. The van der Waals surface area contributed by atoms with Crippen LogP contribution in [0.5, 0.6) is 0 Å². The van der Waals surface area contributed by atoms with E-state index in [2.05, 4.69) is 13.2 Å². The van der Waals surface area contributed by atoms with Gasteiger partial charge in [-0.1, -0.05) is 20.1 Å². The third-order valence-electron chi connectivity index (χ3n) is 1.31. The van der Waals surface area contributed by atoms with Crippen LogP contribution in [0.4, 0.5) is 0 Å². The van der Waals surface area contributed by atoms with Crippen LogP contribution in [-0.4, -0.2) is 0 Å². The zero-order chi connectivity index (χ0) is 8.85. The van der Waals surface area contributed by atoms with Gasteiger partial charge in [0, 0.05) is 11.3 Å². The van der Waals surface area contributed by atoms with Crippen LogP contribution < -0.4 is 5.73 Å². The Kier molecular flexibility index (Phi) is 3.76. The van der Waals surface area contributed by atoms with Crippen molar-refractivity contribution in [2.45, 2.75) is 13.3 Å². The van der Waals surface area contributed by atoms with Gasteiger partial charge < -0.3 is 5.73 Å². The molecule has 0 amide bonds.